The summed E-state index contributed by atoms with van der Waals surface area (Å²) in [5.74, 6) is -0.447. The molecular weight excluding hydrogens is 230 g/mol. The van der Waals surface area contributed by atoms with Gasteiger partial charge in [0, 0.05) is 11.4 Å². The van der Waals surface area contributed by atoms with Crippen LogP contribution in [-0.2, 0) is 11.2 Å². The topological polar surface area (TPSA) is 76.0 Å². The summed E-state index contributed by atoms with van der Waals surface area (Å²) in [7, 11) is 0. The molecule has 5 nitrogen and oxygen atoms in total. The van der Waals surface area contributed by atoms with E-state index in [2.05, 4.69) is 15.2 Å². The van der Waals surface area contributed by atoms with Gasteiger partial charge in [-0.05, 0) is 18.2 Å². The maximum absolute atomic E-state index is 10.4. The molecule has 1 heterocycles. The number of aromatic nitrogens is 3. The normalized spacial score (nSPS) is 10.6. The predicted molar refractivity (Wildman–Crippen MR) is 58.3 cm³/mol. The van der Waals surface area contributed by atoms with Gasteiger partial charge in [-0.1, -0.05) is 11.6 Å². The fraction of sp³-hybridized carbons (Fsp3) is 0.200. The number of nitrogens with zero attached hydrogens (tertiary/aromatic N) is 3. The second-order valence-electron chi connectivity index (χ2n) is 3.25. The van der Waals surface area contributed by atoms with E-state index in [1.54, 1.807) is 18.2 Å². The molecule has 1 N–H and O–H groups in total. The Morgan fingerprint density at radius 2 is 2.12 bits per heavy atom. The van der Waals surface area contributed by atoms with E-state index in [4.69, 9.17) is 16.7 Å². The quantitative estimate of drug-likeness (QED) is 0.879. The average molecular weight is 238 g/mol. The summed E-state index contributed by atoms with van der Waals surface area (Å²) in [5.41, 5.74) is 1.27. The molecule has 2 aromatic rings. The first kappa shape index (κ1) is 10.8. The van der Waals surface area contributed by atoms with Crippen molar-refractivity contribution in [3.05, 3.63) is 29.0 Å². The smallest absolute Gasteiger partial charge is 0.303 e. The number of hydrogen-bond donors (Lipinski definition) is 1. The van der Waals surface area contributed by atoms with Gasteiger partial charge in [0.2, 0.25) is 0 Å². The number of aryl methyl sites for hydroxylation is 1. The average Bonchev–Trinajstić information content (AvgIpc) is 2.26. The lowest BCUT2D eigenvalue weighted by molar-refractivity contribution is -0.137. The molecule has 1 aromatic carbocycles. The molecule has 0 saturated carbocycles. The van der Waals surface area contributed by atoms with Gasteiger partial charge in [-0.15, -0.1) is 10.2 Å². The monoisotopic (exact) mass is 237 g/mol. The standard InChI is InChI=1S/C10H8ClN3O2/c11-6-1-2-7-8(5-6)13-14-9(12-7)3-4-10(15)16/h1-2,5H,3-4H2,(H,15,16). The molecule has 0 aliphatic rings. The van der Waals surface area contributed by atoms with Crippen LogP contribution in [0.15, 0.2) is 18.2 Å². The molecule has 0 fully saturated rings. The van der Waals surface area contributed by atoms with Crippen molar-refractivity contribution in [3.63, 3.8) is 0 Å². The van der Waals surface area contributed by atoms with Gasteiger partial charge < -0.3 is 5.11 Å². The number of carboxylic acid groups (broad SMARTS) is 1. The van der Waals surface area contributed by atoms with Crippen LogP contribution in [0.2, 0.25) is 5.02 Å². The van der Waals surface area contributed by atoms with Crippen molar-refractivity contribution in [2.75, 3.05) is 0 Å². The lowest BCUT2D eigenvalue weighted by atomic mass is 10.3. The zero-order valence-electron chi connectivity index (χ0n) is 8.22. The number of halogens is 1. The number of rotatable bonds is 3. The first-order chi connectivity index (χ1) is 7.65. The van der Waals surface area contributed by atoms with Crippen molar-refractivity contribution >= 4 is 28.6 Å². The SMILES string of the molecule is O=C(O)CCc1nnc2cc(Cl)ccc2n1. The van der Waals surface area contributed by atoms with Crippen LogP contribution in [0.5, 0.6) is 0 Å². The molecule has 16 heavy (non-hydrogen) atoms. The number of hydrogen-bond acceptors (Lipinski definition) is 4. The summed E-state index contributed by atoms with van der Waals surface area (Å²) >= 11 is 5.79. The first-order valence-electron chi connectivity index (χ1n) is 4.66. The Kier molecular flexibility index (Phi) is 2.96. The molecule has 0 radical (unpaired) electrons. The highest BCUT2D eigenvalue weighted by atomic mass is 35.5. The second-order valence-corrected chi connectivity index (χ2v) is 3.69. The van der Waals surface area contributed by atoms with Gasteiger partial charge in [0.05, 0.1) is 11.9 Å². The Hall–Kier alpha value is -1.75. The van der Waals surface area contributed by atoms with E-state index >= 15 is 0 Å². The Bertz CT molecular complexity index is 545. The van der Waals surface area contributed by atoms with Gasteiger partial charge in [0.25, 0.3) is 0 Å². The van der Waals surface area contributed by atoms with Crippen LogP contribution in [0, 0.1) is 0 Å². The molecule has 1 aromatic heterocycles. The van der Waals surface area contributed by atoms with Crippen molar-refractivity contribution in [2.24, 2.45) is 0 Å². The van der Waals surface area contributed by atoms with Crippen LogP contribution < -0.4 is 0 Å². The van der Waals surface area contributed by atoms with Crippen LogP contribution in [-0.4, -0.2) is 26.3 Å². The minimum absolute atomic E-state index is 0.000770. The molecule has 82 valence electrons. The van der Waals surface area contributed by atoms with Crippen molar-refractivity contribution in [1.29, 1.82) is 0 Å². The van der Waals surface area contributed by atoms with Gasteiger partial charge in [0.15, 0.2) is 5.82 Å². The number of carboxylic acids is 1. The second kappa shape index (κ2) is 4.40. The minimum Gasteiger partial charge on any atom is -0.481 e. The Labute approximate surface area is 96.1 Å². The molecule has 0 amide bonds. The van der Waals surface area contributed by atoms with Crippen LogP contribution in [0.25, 0.3) is 11.0 Å². The molecule has 0 saturated heterocycles. The molecule has 0 aliphatic carbocycles. The third kappa shape index (κ3) is 2.43. The largest absolute Gasteiger partial charge is 0.481 e. The Morgan fingerprint density at radius 3 is 2.88 bits per heavy atom. The number of benzene rings is 1. The van der Waals surface area contributed by atoms with E-state index in [0.29, 0.717) is 21.9 Å². The minimum atomic E-state index is -0.875. The molecule has 0 bridgehead atoms. The van der Waals surface area contributed by atoms with Gasteiger partial charge in [-0.3, -0.25) is 4.79 Å². The molecule has 0 spiro atoms. The van der Waals surface area contributed by atoms with Crippen LogP contribution in [0.4, 0.5) is 0 Å². The molecular formula is C10H8ClN3O2. The maximum atomic E-state index is 10.4. The van der Waals surface area contributed by atoms with E-state index in [1.807, 2.05) is 0 Å². The Balaban J connectivity index is 2.30. The van der Waals surface area contributed by atoms with Crippen LogP contribution in [0.3, 0.4) is 0 Å². The van der Waals surface area contributed by atoms with E-state index in [0.717, 1.165) is 0 Å². The van der Waals surface area contributed by atoms with Crippen LogP contribution in [0.1, 0.15) is 12.2 Å². The van der Waals surface area contributed by atoms with Gasteiger partial charge in [-0.25, -0.2) is 4.98 Å². The lowest BCUT2D eigenvalue weighted by Crippen LogP contribution is -2.03. The third-order valence-electron chi connectivity index (χ3n) is 2.02. The molecule has 0 aliphatic heterocycles. The number of fused-ring (bicyclic) bond motifs is 1. The predicted octanol–water partition coefficient (Wildman–Crippen LogP) is 1.70. The van der Waals surface area contributed by atoms with Gasteiger partial charge in [-0.2, -0.15) is 0 Å². The van der Waals surface area contributed by atoms with Crippen molar-refractivity contribution in [3.8, 4) is 0 Å². The summed E-state index contributed by atoms with van der Waals surface area (Å²) in [6.07, 6.45) is 0.279. The molecule has 6 heteroatoms. The highest BCUT2D eigenvalue weighted by molar-refractivity contribution is 6.31. The van der Waals surface area contributed by atoms with Gasteiger partial charge >= 0.3 is 5.97 Å². The molecule has 0 unspecified atom stereocenters. The highest BCUT2D eigenvalue weighted by Crippen LogP contribution is 2.15. The first-order valence-corrected chi connectivity index (χ1v) is 5.03. The maximum Gasteiger partial charge on any atom is 0.303 e. The fourth-order valence-electron chi connectivity index (χ4n) is 1.27. The van der Waals surface area contributed by atoms with Crippen molar-refractivity contribution in [1.82, 2.24) is 15.2 Å². The Morgan fingerprint density at radius 1 is 1.31 bits per heavy atom. The van der Waals surface area contributed by atoms with Gasteiger partial charge in [0.1, 0.15) is 5.52 Å². The summed E-state index contributed by atoms with van der Waals surface area (Å²) in [5, 5.41) is 16.9. The summed E-state index contributed by atoms with van der Waals surface area (Å²) in [4.78, 5) is 14.6. The fourth-order valence-corrected chi connectivity index (χ4v) is 1.44. The van der Waals surface area contributed by atoms with E-state index < -0.39 is 5.97 Å². The number of carbonyl (C=O) groups is 1. The zero-order valence-corrected chi connectivity index (χ0v) is 8.98. The highest BCUT2D eigenvalue weighted by Gasteiger charge is 2.04. The van der Waals surface area contributed by atoms with Crippen molar-refractivity contribution in [2.45, 2.75) is 12.8 Å². The zero-order chi connectivity index (χ0) is 11.5. The molecule has 2 rings (SSSR count). The molecule has 0 atom stereocenters. The summed E-state index contributed by atoms with van der Waals surface area (Å²) < 4.78 is 0. The third-order valence-corrected chi connectivity index (χ3v) is 2.26. The number of aliphatic carboxylic acids is 1. The van der Waals surface area contributed by atoms with Crippen molar-refractivity contribution < 1.29 is 9.90 Å². The van der Waals surface area contributed by atoms with E-state index in [1.165, 1.54) is 0 Å². The van der Waals surface area contributed by atoms with Crippen LogP contribution >= 0.6 is 11.6 Å². The lowest BCUT2D eigenvalue weighted by Gasteiger charge is -1.99. The van der Waals surface area contributed by atoms with E-state index in [-0.39, 0.29) is 12.8 Å². The summed E-state index contributed by atoms with van der Waals surface area (Å²) in [6.45, 7) is 0. The summed E-state index contributed by atoms with van der Waals surface area (Å²) in [6, 6.07) is 5.11. The van der Waals surface area contributed by atoms with E-state index in [9.17, 15) is 4.79 Å².